The lowest BCUT2D eigenvalue weighted by Gasteiger charge is -2.21. The van der Waals surface area contributed by atoms with Gasteiger partial charge in [0, 0.05) is 6.04 Å². The van der Waals surface area contributed by atoms with Gasteiger partial charge in [-0.3, -0.25) is 0 Å². The van der Waals surface area contributed by atoms with Crippen LogP contribution < -0.4 is 14.2 Å². The number of halogens is 1. The highest BCUT2D eigenvalue weighted by atomic mass is 32.2. The molecule has 0 saturated carbocycles. The molecular formula is C17H18FNO4S. The van der Waals surface area contributed by atoms with Crippen LogP contribution in [0.4, 0.5) is 4.39 Å². The first-order valence-corrected chi connectivity index (χ1v) is 9.22. The second-order valence-corrected chi connectivity index (χ2v) is 7.38. The lowest BCUT2D eigenvalue weighted by atomic mass is 10.1. The van der Waals surface area contributed by atoms with Gasteiger partial charge in [0.1, 0.15) is 19.0 Å². The van der Waals surface area contributed by atoms with Crippen molar-refractivity contribution in [3.8, 4) is 11.5 Å². The van der Waals surface area contributed by atoms with Crippen LogP contribution in [0.3, 0.4) is 0 Å². The van der Waals surface area contributed by atoms with Gasteiger partial charge in [-0.2, -0.15) is 0 Å². The van der Waals surface area contributed by atoms with Crippen molar-refractivity contribution >= 4 is 10.0 Å². The molecule has 5 nitrogen and oxygen atoms in total. The summed E-state index contributed by atoms with van der Waals surface area (Å²) in [4.78, 5) is 0. The summed E-state index contributed by atoms with van der Waals surface area (Å²) in [5.41, 5.74) is 1.31. The largest absolute Gasteiger partial charge is 0.486 e. The van der Waals surface area contributed by atoms with Crippen LogP contribution in [-0.2, 0) is 15.8 Å². The zero-order chi connectivity index (χ0) is 17.2. The molecule has 128 valence electrons. The maximum Gasteiger partial charge on any atom is 0.216 e. The van der Waals surface area contributed by atoms with Gasteiger partial charge in [-0.1, -0.05) is 18.2 Å². The Bertz CT molecular complexity index is 821. The Morgan fingerprint density at radius 3 is 2.46 bits per heavy atom. The van der Waals surface area contributed by atoms with Gasteiger partial charge >= 0.3 is 0 Å². The molecular weight excluding hydrogens is 333 g/mol. The van der Waals surface area contributed by atoms with Gasteiger partial charge in [0.25, 0.3) is 0 Å². The maximum atomic E-state index is 12.9. The van der Waals surface area contributed by atoms with E-state index in [1.54, 1.807) is 25.1 Å². The number of sulfonamides is 1. The minimum Gasteiger partial charge on any atom is -0.486 e. The van der Waals surface area contributed by atoms with Crippen LogP contribution >= 0.6 is 0 Å². The van der Waals surface area contributed by atoms with Crippen LogP contribution in [0, 0.1) is 5.82 Å². The molecule has 0 amide bonds. The van der Waals surface area contributed by atoms with E-state index >= 15 is 0 Å². The molecule has 0 fully saturated rings. The second kappa shape index (κ2) is 6.78. The van der Waals surface area contributed by atoms with E-state index < -0.39 is 21.9 Å². The summed E-state index contributed by atoms with van der Waals surface area (Å²) in [6, 6.07) is 10.3. The van der Waals surface area contributed by atoms with Crippen LogP contribution in [0.5, 0.6) is 11.5 Å². The molecule has 1 aliphatic rings. The zero-order valence-electron chi connectivity index (χ0n) is 13.2. The molecule has 0 aliphatic carbocycles. The number of hydrogen-bond acceptors (Lipinski definition) is 4. The molecule has 2 aromatic rings. The Morgan fingerprint density at radius 1 is 1.08 bits per heavy atom. The lowest BCUT2D eigenvalue weighted by molar-refractivity contribution is 0.171. The van der Waals surface area contributed by atoms with Gasteiger partial charge in [0.05, 0.1) is 5.75 Å². The van der Waals surface area contributed by atoms with Crippen molar-refractivity contribution in [2.45, 2.75) is 18.7 Å². The number of benzene rings is 2. The fourth-order valence-electron chi connectivity index (χ4n) is 2.51. The van der Waals surface area contributed by atoms with Gasteiger partial charge in [0.15, 0.2) is 11.5 Å². The normalized spacial score (nSPS) is 15.1. The average molecular weight is 351 g/mol. The topological polar surface area (TPSA) is 64.6 Å². The van der Waals surface area contributed by atoms with E-state index in [1.807, 2.05) is 0 Å². The van der Waals surface area contributed by atoms with Gasteiger partial charge in [-0.15, -0.1) is 0 Å². The van der Waals surface area contributed by atoms with E-state index in [-0.39, 0.29) is 5.75 Å². The fourth-order valence-corrected chi connectivity index (χ4v) is 3.90. The van der Waals surface area contributed by atoms with E-state index in [4.69, 9.17) is 9.47 Å². The van der Waals surface area contributed by atoms with Crippen molar-refractivity contribution in [2.24, 2.45) is 0 Å². The molecule has 1 N–H and O–H groups in total. The first-order chi connectivity index (χ1) is 11.4. The molecule has 1 aliphatic heterocycles. The molecule has 0 aromatic heterocycles. The van der Waals surface area contributed by atoms with Gasteiger partial charge < -0.3 is 9.47 Å². The number of fused-ring (bicyclic) bond motifs is 1. The Kier molecular flexibility index (Phi) is 4.73. The van der Waals surface area contributed by atoms with Crippen LogP contribution in [0.1, 0.15) is 24.1 Å². The van der Waals surface area contributed by atoms with Crippen molar-refractivity contribution in [3.63, 3.8) is 0 Å². The molecule has 1 atom stereocenters. The molecule has 1 unspecified atom stereocenters. The van der Waals surface area contributed by atoms with Crippen molar-refractivity contribution in [3.05, 3.63) is 59.4 Å². The summed E-state index contributed by atoms with van der Waals surface area (Å²) < 4.78 is 51.1. The van der Waals surface area contributed by atoms with Crippen LogP contribution in [0.25, 0.3) is 0 Å². The monoisotopic (exact) mass is 351 g/mol. The van der Waals surface area contributed by atoms with E-state index in [2.05, 4.69) is 4.72 Å². The smallest absolute Gasteiger partial charge is 0.216 e. The maximum absolute atomic E-state index is 12.9. The first kappa shape index (κ1) is 16.7. The van der Waals surface area contributed by atoms with E-state index in [1.165, 1.54) is 24.3 Å². The summed E-state index contributed by atoms with van der Waals surface area (Å²) in [7, 11) is -3.56. The van der Waals surface area contributed by atoms with Crippen molar-refractivity contribution < 1.29 is 22.3 Å². The Hall–Kier alpha value is -2.12. The van der Waals surface area contributed by atoms with Crippen molar-refractivity contribution in [1.82, 2.24) is 4.72 Å². The molecule has 24 heavy (non-hydrogen) atoms. The van der Waals surface area contributed by atoms with Crippen LogP contribution in [0.15, 0.2) is 42.5 Å². The summed E-state index contributed by atoms with van der Waals surface area (Å²) in [5, 5.41) is 0. The second-order valence-electron chi connectivity index (χ2n) is 5.63. The number of rotatable bonds is 5. The third-order valence-corrected chi connectivity index (χ3v) is 5.12. The summed E-state index contributed by atoms with van der Waals surface area (Å²) in [6.45, 7) is 2.74. The van der Waals surface area contributed by atoms with Crippen molar-refractivity contribution in [1.29, 1.82) is 0 Å². The Morgan fingerprint density at radius 2 is 1.75 bits per heavy atom. The number of ether oxygens (including phenoxy) is 2. The molecule has 2 aromatic carbocycles. The quantitative estimate of drug-likeness (QED) is 0.900. The Balaban J connectivity index is 1.71. The van der Waals surface area contributed by atoms with E-state index in [0.29, 0.717) is 30.3 Å². The van der Waals surface area contributed by atoms with E-state index in [9.17, 15) is 12.8 Å². The molecule has 0 radical (unpaired) electrons. The molecule has 0 bridgehead atoms. The van der Waals surface area contributed by atoms with Gasteiger partial charge in [-0.05, 0) is 42.3 Å². The highest BCUT2D eigenvalue weighted by Gasteiger charge is 2.19. The molecule has 0 spiro atoms. The molecule has 3 rings (SSSR count). The standard InChI is InChI=1S/C17H18FNO4S/c1-12(14-4-7-16-17(10-14)23-9-8-22-16)19-24(20,21)11-13-2-5-15(18)6-3-13/h2-7,10,12,19H,8-9,11H2,1H3. The average Bonchev–Trinajstić information content (AvgIpc) is 2.56. The summed E-state index contributed by atoms with van der Waals surface area (Å²) >= 11 is 0. The minimum atomic E-state index is -3.56. The number of nitrogens with one attached hydrogen (secondary N) is 1. The molecule has 1 heterocycles. The summed E-state index contributed by atoms with van der Waals surface area (Å²) in [6.07, 6.45) is 0. The highest BCUT2D eigenvalue weighted by molar-refractivity contribution is 7.88. The SMILES string of the molecule is CC(NS(=O)(=O)Cc1ccc(F)cc1)c1ccc2c(c1)OCCO2. The molecule has 0 saturated heterocycles. The minimum absolute atomic E-state index is 0.206. The van der Waals surface area contributed by atoms with Gasteiger partial charge in [0.2, 0.25) is 10.0 Å². The third-order valence-electron chi connectivity index (χ3n) is 3.69. The molecule has 7 heteroatoms. The predicted octanol–water partition coefficient (Wildman–Crippen LogP) is 2.78. The predicted molar refractivity (Wildman–Crippen MR) is 88.0 cm³/mol. The Labute approximate surface area is 140 Å². The van der Waals surface area contributed by atoms with Crippen LogP contribution in [-0.4, -0.2) is 21.6 Å². The van der Waals surface area contributed by atoms with Crippen molar-refractivity contribution in [2.75, 3.05) is 13.2 Å². The van der Waals surface area contributed by atoms with Gasteiger partial charge in [-0.25, -0.2) is 17.5 Å². The fraction of sp³-hybridized carbons (Fsp3) is 0.294. The third kappa shape index (κ3) is 4.04. The van der Waals surface area contributed by atoms with Crippen LogP contribution in [0.2, 0.25) is 0 Å². The highest BCUT2D eigenvalue weighted by Crippen LogP contribution is 2.32. The van der Waals surface area contributed by atoms with E-state index in [0.717, 1.165) is 5.56 Å². The number of hydrogen-bond donors (Lipinski definition) is 1. The zero-order valence-corrected chi connectivity index (χ0v) is 14.0. The lowest BCUT2D eigenvalue weighted by Crippen LogP contribution is -2.28. The first-order valence-electron chi connectivity index (χ1n) is 7.57. The summed E-state index contributed by atoms with van der Waals surface area (Å²) in [5.74, 6) is 0.672.